The van der Waals surface area contributed by atoms with E-state index in [0.717, 1.165) is 18.9 Å². The highest BCUT2D eigenvalue weighted by Gasteiger charge is 2.24. The lowest BCUT2D eigenvalue weighted by Gasteiger charge is -2.24. The van der Waals surface area contributed by atoms with Crippen LogP contribution in [0.5, 0.6) is 0 Å². The van der Waals surface area contributed by atoms with E-state index in [4.69, 9.17) is 10.5 Å². The lowest BCUT2D eigenvalue weighted by molar-refractivity contribution is 0.178. The number of hydrogen-bond acceptors (Lipinski definition) is 5. The highest BCUT2D eigenvalue weighted by Crippen LogP contribution is 2.31. The lowest BCUT2D eigenvalue weighted by Crippen LogP contribution is -2.26. The molecule has 2 N–H and O–H groups in total. The minimum Gasteiger partial charge on any atom is -0.384 e. The van der Waals surface area contributed by atoms with Gasteiger partial charge in [0.05, 0.1) is 0 Å². The van der Waals surface area contributed by atoms with Gasteiger partial charge in [-0.2, -0.15) is 0 Å². The van der Waals surface area contributed by atoms with E-state index >= 15 is 0 Å². The fourth-order valence-electron chi connectivity index (χ4n) is 2.51. The van der Waals surface area contributed by atoms with Gasteiger partial charge in [-0.1, -0.05) is 13.8 Å². The van der Waals surface area contributed by atoms with Crippen molar-refractivity contribution in [2.75, 3.05) is 30.8 Å². The molecular formula is C14H24N4O. The van der Waals surface area contributed by atoms with Gasteiger partial charge >= 0.3 is 0 Å². The van der Waals surface area contributed by atoms with Crippen molar-refractivity contribution in [2.24, 2.45) is 5.41 Å². The maximum absolute atomic E-state index is 5.86. The normalized spacial score (nSPS) is 19.2. The van der Waals surface area contributed by atoms with Crippen molar-refractivity contribution in [1.29, 1.82) is 0 Å². The summed E-state index contributed by atoms with van der Waals surface area (Å²) in [7, 11) is 1.64. The minimum absolute atomic E-state index is 0.400. The van der Waals surface area contributed by atoms with Gasteiger partial charge in [0.2, 0.25) is 0 Å². The molecule has 1 fully saturated rings. The van der Waals surface area contributed by atoms with Crippen molar-refractivity contribution in [3.63, 3.8) is 0 Å². The molecule has 2 heterocycles. The number of methoxy groups -OCH3 is 1. The molecule has 0 bridgehead atoms. The summed E-state index contributed by atoms with van der Waals surface area (Å²) in [5.41, 5.74) is 6.27. The molecule has 19 heavy (non-hydrogen) atoms. The van der Waals surface area contributed by atoms with Crippen LogP contribution in [0.15, 0.2) is 6.07 Å². The van der Waals surface area contributed by atoms with Crippen molar-refractivity contribution in [2.45, 2.75) is 39.7 Å². The Kier molecular flexibility index (Phi) is 4.24. The van der Waals surface area contributed by atoms with E-state index in [1.54, 1.807) is 7.11 Å². The van der Waals surface area contributed by atoms with Gasteiger partial charge in [-0.25, -0.2) is 9.97 Å². The molecule has 0 saturated carbocycles. The van der Waals surface area contributed by atoms with Crippen molar-refractivity contribution < 1.29 is 4.74 Å². The molecule has 1 aromatic rings. The standard InChI is InChI=1S/C14H24N4O/c1-14(2)5-4-7-18(8-6-14)13-9-11(15)16-12(17-13)10-19-3/h9H,4-8,10H2,1-3H3,(H2,15,16,17). The van der Waals surface area contributed by atoms with Crippen LogP contribution in [0.3, 0.4) is 0 Å². The van der Waals surface area contributed by atoms with Crippen molar-refractivity contribution >= 4 is 11.6 Å². The van der Waals surface area contributed by atoms with E-state index in [1.807, 2.05) is 6.07 Å². The molecule has 5 heteroatoms. The summed E-state index contributed by atoms with van der Waals surface area (Å²) in [5.74, 6) is 2.10. The predicted octanol–water partition coefficient (Wildman–Crippen LogP) is 2.22. The third-order valence-electron chi connectivity index (χ3n) is 3.72. The molecule has 0 spiro atoms. The van der Waals surface area contributed by atoms with Crippen LogP contribution < -0.4 is 10.6 Å². The first kappa shape index (κ1) is 14.1. The number of nitrogen functional groups attached to an aromatic ring is 1. The van der Waals surface area contributed by atoms with Gasteiger partial charge < -0.3 is 15.4 Å². The first-order valence-corrected chi connectivity index (χ1v) is 6.87. The topological polar surface area (TPSA) is 64.3 Å². The molecule has 0 aromatic carbocycles. The van der Waals surface area contributed by atoms with Crippen LogP contribution in [0.1, 0.15) is 38.9 Å². The van der Waals surface area contributed by atoms with Crippen molar-refractivity contribution in [3.05, 3.63) is 11.9 Å². The zero-order valence-corrected chi connectivity index (χ0v) is 12.1. The van der Waals surface area contributed by atoms with E-state index < -0.39 is 0 Å². The largest absolute Gasteiger partial charge is 0.384 e. The second-order valence-corrected chi connectivity index (χ2v) is 6.01. The third kappa shape index (κ3) is 3.80. The van der Waals surface area contributed by atoms with Crippen LogP contribution in [0.25, 0.3) is 0 Å². The van der Waals surface area contributed by atoms with Crippen LogP contribution >= 0.6 is 0 Å². The predicted molar refractivity (Wildman–Crippen MR) is 77.0 cm³/mol. The van der Waals surface area contributed by atoms with Gasteiger partial charge in [0.15, 0.2) is 5.82 Å². The third-order valence-corrected chi connectivity index (χ3v) is 3.72. The average molecular weight is 264 g/mol. The number of nitrogens with two attached hydrogens (primary N) is 1. The molecule has 5 nitrogen and oxygen atoms in total. The second kappa shape index (κ2) is 5.74. The van der Waals surface area contributed by atoms with Crippen LogP contribution in [0.2, 0.25) is 0 Å². The summed E-state index contributed by atoms with van der Waals surface area (Å²) < 4.78 is 5.08. The smallest absolute Gasteiger partial charge is 0.158 e. The molecule has 1 saturated heterocycles. The fourth-order valence-corrected chi connectivity index (χ4v) is 2.51. The summed E-state index contributed by atoms with van der Waals surface area (Å²) in [6.45, 7) is 7.13. The first-order valence-electron chi connectivity index (χ1n) is 6.87. The molecular weight excluding hydrogens is 240 g/mol. The van der Waals surface area contributed by atoms with Gasteiger partial charge in [-0.15, -0.1) is 0 Å². The van der Waals surface area contributed by atoms with Crippen molar-refractivity contribution in [1.82, 2.24) is 9.97 Å². The van der Waals surface area contributed by atoms with E-state index in [-0.39, 0.29) is 0 Å². The molecule has 1 aliphatic heterocycles. The van der Waals surface area contributed by atoms with E-state index in [9.17, 15) is 0 Å². The zero-order chi connectivity index (χ0) is 13.9. The summed E-state index contributed by atoms with van der Waals surface area (Å²) >= 11 is 0. The van der Waals surface area contributed by atoms with Gasteiger partial charge in [0, 0.05) is 26.3 Å². The fraction of sp³-hybridized carbons (Fsp3) is 0.714. The van der Waals surface area contributed by atoms with E-state index in [1.165, 1.54) is 19.3 Å². The Bertz CT molecular complexity index is 433. The molecule has 0 aliphatic carbocycles. The van der Waals surface area contributed by atoms with E-state index in [2.05, 4.69) is 28.7 Å². The SMILES string of the molecule is COCc1nc(N)cc(N2CCCC(C)(C)CC2)n1. The molecule has 106 valence electrons. The quantitative estimate of drug-likeness (QED) is 0.907. The van der Waals surface area contributed by atoms with Crippen LogP contribution in [-0.2, 0) is 11.3 Å². The van der Waals surface area contributed by atoms with Gasteiger partial charge in [-0.3, -0.25) is 0 Å². The Morgan fingerprint density at radius 3 is 2.84 bits per heavy atom. The summed E-state index contributed by atoms with van der Waals surface area (Å²) in [4.78, 5) is 11.0. The summed E-state index contributed by atoms with van der Waals surface area (Å²) in [6.07, 6.45) is 3.63. The minimum atomic E-state index is 0.400. The molecule has 0 unspecified atom stereocenters. The highest BCUT2D eigenvalue weighted by molar-refractivity contribution is 5.47. The summed E-state index contributed by atoms with van der Waals surface area (Å²) in [6, 6.07) is 1.86. The monoisotopic (exact) mass is 264 g/mol. The highest BCUT2D eigenvalue weighted by atomic mass is 16.5. The number of rotatable bonds is 3. The Morgan fingerprint density at radius 1 is 1.32 bits per heavy atom. The molecule has 1 aromatic heterocycles. The van der Waals surface area contributed by atoms with Gasteiger partial charge in [0.1, 0.15) is 18.2 Å². The van der Waals surface area contributed by atoms with Gasteiger partial charge in [0.25, 0.3) is 0 Å². The zero-order valence-electron chi connectivity index (χ0n) is 12.1. The van der Waals surface area contributed by atoms with Crippen LogP contribution in [0, 0.1) is 5.41 Å². The molecule has 1 aliphatic rings. The average Bonchev–Trinajstić information content (AvgIpc) is 2.50. The van der Waals surface area contributed by atoms with Crippen molar-refractivity contribution in [3.8, 4) is 0 Å². The summed E-state index contributed by atoms with van der Waals surface area (Å²) in [5, 5.41) is 0. The first-order chi connectivity index (χ1) is 9.00. The van der Waals surface area contributed by atoms with Crippen LogP contribution in [-0.4, -0.2) is 30.2 Å². The molecule has 2 rings (SSSR count). The Balaban J connectivity index is 2.16. The lowest BCUT2D eigenvalue weighted by atomic mass is 9.85. The number of hydrogen-bond donors (Lipinski definition) is 1. The Hall–Kier alpha value is -1.36. The van der Waals surface area contributed by atoms with Crippen LogP contribution in [0.4, 0.5) is 11.6 Å². The Morgan fingerprint density at radius 2 is 2.11 bits per heavy atom. The maximum Gasteiger partial charge on any atom is 0.158 e. The molecule has 0 atom stereocenters. The van der Waals surface area contributed by atoms with Gasteiger partial charge in [-0.05, 0) is 24.7 Å². The second-order valence-electron chi connectivity index (χ2n) is 6.01. The number of anilines is 2. The maximum atomic E-state index is 5.86. The number of aromatic nitrogens is 2. The molecule has 0 amide bonds. The number of nitrogens with zero attached hydrogens (tertiary/aromatic N) is 3. The Labute approximate surface area is 115 Å². The van der Waals surface area contributed by atoms with E-state index in [0.29, 0.717) is 23.7 Å². The molecule has 0 radical (unpaired) electrons. The number of ether oxygens (including phenoxy) is 1.